The van der Waals surface area contributed by atoms with Crippen molar-refractivity contribution in [2.24, 2.45) is 0 Å². The van der Waals surface area contributed by atoms with E-state index in [9.17, 15) is 12.8 Å². The predicted octanol–water partition coefficient (Wildman–Crippen LogP) is 2.51. The molecule has 0 aliphatic carbocycles. The van der Waals surface area contributed by atoms with E-state index in [0.29, 0.717) is 48.7 Å². The molecule has 0 amide bonds. The molecule has 0 N–H and O–H groups in total. The van der Waals surface area contributed by atoms with Crippen LogP contribution in [0.3, 0.4) is 0 Å². The molecule has 0 bridgehead atoms. The van der Waals surface area contributed by atoms with Gasteiger partial charge in [0, 0.05) is 38.3 Å². The summed E-state index contributed by atoms with van der Waals surface area (Å²) < 4.78 is 40.9. The van der Waals surface area contributed by atoms with Gasteiger partial charge in [0.05, 0.1) is 16.5 Å². The van der Waals surface area contributed by atoms with Gasteiger partial charge in [0.1, 0.15) is 5.82 Å². The van der Waals surface area contributed by atoms with E-state index < -0.39 is 15.8 Å². The van der Waals surface area contributed by atoms with Gasteiger partial charge >= 0.3 is 0 Å². The smallest absolute Gasteiger partial charge is 0.243 e. The number of aryl methyl sites for hydroxylation is 1. The lowest BCUT2D eigenvalue weighted by Gasteiger charge is -2.34. The molecule has 0 aromatic heterocycles. The Hall–Kier alpha value is -2.27. The van der Waals surface area contributed by atoms with Gasteiger partial charge in [-0.2, -0.15) is 9.57 Å². The monoisotopic (exact) mass is 373 g/mol. The molecule has 3 rings (SSSR count). The summed E-state index contributed by atoms with van der Waals surface area (Å²) in [5, 5.41) is 8.80. The van der Waals surface area contributed by atoms with Crippen molar-refractivity contribution in [3.8, 4) is 6.07 Å². The van der Waals surface area contributed by atoms with Crippen molar-refractivity contribution >= 4 is 10.0 Å². The largest absolute Gasteiger partial charge is 0.296 e. The fourth-order valence-corrected chi connectivity index (χ4v) is 4.40. The number of nitriles is 1. The Morgan fingerprint density at radius 3 is 2.31 bits per heavy atom. The molecule has 7 heteroatoms. The summed E-state index contributed by atoms with van der Waals surface area (Å²) in [5.74, 6) is -0.404. The lowest BCUT2D eigenvalue weighted by molar-refractivity contribution is 0.180. The molecular weight excluding hydrogens is 353 g/mol. The zero-order chi connectivity index (χ0) is 18.7. The summed E-state index contributed by atoms with van der Waals surface area (Å²) in [7, 11) is -3.50. The zero-order valence-corrected chi connectivity index (χ0v) is 15.3. The second-order valence-corrected chi connectivity index (χ2v) is 8.35. The van der Waals surface area contributed by atoms with Gasteiger partial charge in [-0.05, 0) is 31.2 Å². The van der Waals surface area contributed by atoms with Crippen LogP contribution in [0.1, 0.15) is 16.7 Å². The maximum absolute atomic E-state index is 14.0. The molecule has 0 spiro atoms. The fourth-order valence-electron chi connectivity index (χ4n) is 2.97. The number of sulfonamides is 1. The van der Waals surface area contributed by atoms with E-state index in [1.807, 2.05) is 17.9 Å². The third-order valence-corrected chi connectivity index (χ3v) is 6.48. The summed E-state index contributed by atoms with van der Waals surface area (Å²) in [4.78, 5) is 2.32. The van der Waals surface area contributed by atoms with Crippen LogP contribution < -0.4 is 0 Å². The second kappa shape index (κ2) is 7.54. The Kier molecular flexibility index (Phi) is 5.37. The highest BCUT2D eigenvalue weighted by Gasteiger charge is 2.28. The maximum atomic E-state index is 14.0. The number of hydrogen-bond acceptors (Lipinski definition) is 4. The van der Waals surface area contributed by atoms with Crippen LogP contribution in [0, 0.1) is 24.1 Å². The van der Waals surface area contributed by atoms with Crippen LogP contribution in [0.4, 0.5) is 4.39 Å². The Bertz CT molecular complexity index is 928. The number of nitrogens with zero attached hydrogens (tertiary/aromatic N) is 3. The van der Waals surface area contributed by atoms with E-state index in [-0.39, 0.29) is 0 Å². The number of hydrogen-bond donors (Lipinski definition) is 0. The molecule has 1 saturated heterocycles. The Balaban J connectivity index is 1.64. The molecule has 1 aliphatic rings. The molecule has 136 valence electrons. The van der Waals surface area contributed by atoms with Crippen molar-refractivity contribution in [1.82, 2.24) is 9.21 Å². The Morgan fingerprint density at radius 2 is 1.73 bits per heavy atom. The minimum atomic E-state index is -3.50. The van der Waals surface area contributed by atoms with E-state index in [2.05, 4.69) is 0 Å². The van der Waals surface area contributed by atoms with Gasteiger partial charge in [-0.1, -0.05) is 23.8 Å². The van der Waals surface area contributed by atoms with Gasteiger partial charge in [0.15, 0.2) is 0 Å². The molecule has 0 atom stereocenters. The summed E-state index contributed by atoms with van der Waals surface area (Å²) in [6, 6.07) is 13.2. The van der Waals surface area contributed by atoms with Crippen LogP contribution in [0.25, 0.3) is 0 Å². The lowest BCUT2D eigenvalue weighted by atomic mass is 10.1. The van der Waals surface area contributed by atoms with E-state index in [4.69, 9.17) is 5.26 Å². The number of benzene rings is 2. The molecule has 1 heterocycles. The normalized spacial score (nSPS) is 16.3. The number of piperazine rings is 1. The summed E-state index contributed by atoms with van der Waals surface area (Å²) >= 11 is 0. The first-order chi connectivity index (χ1) is 12.4. The van der Waals surface area contributed by atoms with Crippen molar-refractivity contribution in [1.29, 1.82) is 5.26 Å². The van der Waals surface area contributed by atoms with Crippen LogP contribution in [-0.2, 0) is 16.6 Å². The topological polar surface area (TPSA) is 64.4 Å². The quantitative estimate of drug-likeness (QED) is 0.826. The van der Waals surface area contributed by atoms with Crippen molar-refractivity contribution in [3.05, 3.63) is 65.0 Å². The van der Waals surface area contributed by atoms with Crippen molar-refractivity contribution in [2.75, 3.05) is 26.2 Å². The first-order valence-corrected chi connectivity index (χ1v) is 9.82. The van der Waals surface area contributed by atoms with Crippen LogP contribution in [0.15, 0.2) is 47.4 Å². The lowest BCUT2D eigenvalue weighted by Crippen LogP contribution is -2.48. The number of rotatable bonds is 4. The van der Waals surface area contributed by atoms with Gasteiger partial charge in [-0.3, -0.25) is 4.90 Å². The van der Waals surface area contributed by atoms with Crippen molar-refractivity contribution < 1.29 is 12.8 Å². The van der Waals surface area contributed by atoms with Crippen molar-refractivity contribution in [2.45, 2.75) is 18.4 Å². The maximum Gasteiger partial charge on any atom is 0.243 e. The minimum absolute atomic E-state index is 0.292. The van der Waals surface area contributed by atoms with Gasteiger partial charge in [-0.25, -0.2) is 12.8 Å². The molecule has 0 radical (unpaired) electrons. The van der Waals surface area contributed by atoms with Crippen LogP contribution in [0.5, 0.6) is 0 Å². The predicted molar refractivity (Wildman–Crippen MR) is 96.3 cm³/mol. The molecule has 2 aromatic rings. The van der Waals surface area contributed by atoms with Gasteiger partial charge in [0.25, 0.3) is 0 Å². The highest BCUT2D eigenvalue weighted by molar-refractivity contribution is 7.89. The average molecular weight is 373 g/mol. The molecule has 26 heavy (non-hydrogen) atoms. The standard InChI is InChI=1S/C19H20FN3O2S/c1-15-2-6-18(7-3-15)26(24,25)23-10-8-22(9-11-23)14-17-5-4-16(13-21)12-19(17)20/h2-7,12H,8-11,14H2,1H3. The SMILES string of the molecule is Cc1ccc(S(=O)(=O)N2CCN(Cc3ccc(C#N)cc3F)CC2)cc1. The van der Waals surface area contributed by atoms with Crippen LogP contribution in [-0.4, -0.2) is 43.8 Å². The molecule has 1 aliphatic heterocycles. The molecule has 0 unspecified atom stereocenters. The third kappa shape index (κ3) is 3.93. The molecule has 5 nitrogen and oxygen atoms in total. The molecule has 0 saturated carbocycles. The molecule has 2 aromatic carbocycles. The van der Waals surface area contributed by atoms with E-state index in [1.165, 1.54) is 10.4 Å². The molecular formula is C19H20FN3O2S. The van der Waals surface area contributed by atoms with Crippen LogP contribution >= 0.6 is 0 Å². The summed E-state index contributed by atoms with van der Waals surface area (Å²) in [5.41, 5.74) is 1.82. The first kappa shape index (κ1) is 18.5. The van der Waals surface area contributed by atoms with E-state index >= 15 is 0 Å². The van der Waals surface area contributed by atoms with Crippen LogP contribution in [0.2, 0.25) is 0 Å². The number of halogens is 1. The molecule has 1 fully saturated rings. The Morgan fingerprint density at radius 1 is 1.08 bits per heavy atom. The van der Waals surface area contributed by atoms with E-state index in [0.717, 1.165) is 5.56 Å². The van der Waals surface area contributed by atoms with Gasteiger partial charge in [0.2, 0.25) is 10.0 Å². The highest BCUT2D eigenvalue weighted by atomic mass is 32.2. The van der Waals surface area contributed by atoms with E-state index in [1.54, 1.807) is 36.4 Å². The first-order valence-electron chi connectivity index (χ1n) is 8.38. The zero-order valence-electron chi connectivity index (χ0n) is 14.5. The third-order valence-electron chi connectivity index (χ3n) is 4.57. The second-order valence-electron chi connectivity index (χ2n) is 6.41. The Labute approximate surface area is 153 Å². The summed E-state index contributed by atoms with van der Waals surface area (Å²) in [6.07, 6.45) is 0. The highest BCUT2D eigenvalue weighted by Crippen LogP contribution is 2.20. The minimum Gasteiger partial charge on any atom is -0.296 e. The fraction of sp³-hybridized carbons (Fsp3) is 0.316. The van der Waals surface area contributed by atoms with Crippen molar-refractivity contribution in [3.63, 3.8) is 0 Å². The van der Waals surface area contributed by atoms with Gasteiger partial charge < -0.3 is 0 Å². The average Bonchev–Trinajstić information content (AvgIpc) is 2.64. The van der Waals surface area contributed by atoms with Gasteiger partial charge in [-0.15, -0.1) is 0 Å². The summed E-state index contributed by atoms with van der Waals surface area (Å²) in [6.45, 7) is 4.12.